The van der Waals surface area contributed by atoms with E-state index in [2.05, 4.69) is 382 Å². The third-order valence-electron chi connectivity index (χ3n) is 24.9. The summed E-state index contributed by atoms with van der Waals surface area (Å²) in [6, 6.07) is 59.8. The van der Waals surface area contributed by atoms with Crippen LogP contribution in [-0.2, 0) is 77.5 Å². The number of fused-ring (bicyclic) bond motifs is 3. The van der Waals surface area contributed by atoms with E-state index in [9.17, 15) is 0 Å². The maximum atomic E-state index is 5.34. The molecule has 0 N–H and O–H groups in total. The van der Waals surface area contributed by atoms with E-state index in [1.165, 1.54) is 134 Å². The van der Waals surface area contributed by atoms with Gasteiger partial charge < -0.3 is 37.2 Å². The smallest absolute Gasteiger partial charge is 0.0908 e. The molecule has 13 atom stereocenters. The number of benzene rings is 6. The maximum absolute atomic E-state index is 5.34. The Kier molecular flexibility index (Phi) is 44.8. The molecule has 9 aliphatic rings. The summed E-state index contributed by atoms with van der Waals surface area (Å²) < 4.78 is 0. The monoisotopic (exact) mass is 1770 g/mol. The molecule has 3 radical (unpaired) electrons. The molecule has 15 rings (SSSR count). The Morgan fingerprint density at radius 1 is 0.316 bits per heavy atom. The van der Waals surface area contributed by atoms with Gasteiger partial charge in [-0.05, 0) is 187 Å². The molecule has 6 fully saturated rings. The minimum absolute atomic E-state index is 0. The van der Waals surface area contributed by atoms with Crippen molar-refractivity contribution in [3.05, 3.63) is 311 Å². The number of nitrogens with zero attached hydrogens (tertiary/aromatic N) is 6. The Balaban J connectivity index is 0.000000296. The van der Waals surface area contributed by atoms with Gasteiger partial charge in [-0.3, -0.25) is 14.7 Å². The molecule has 3 saturated carbocycles. The van der Waals surface area contributed by atoms with E-state index in [-0.39, 0.29) is 124 Å². The summed E-state index contributed by atoms with van der Waals surface area (Å²) in [6.45, 7) is 62.5. The number of hydrogen-bond acceptors (Lipinski definition) is 3. The molecule has 0 bridgehead atoms. The fourth-order valence-corrected chi connectivity index (χ4v) is 38.4. The van der Waals surface area contributed by atoms with Crippen LogP contribution in [0.4, 0.5) is 0 Å². The van der Waals surface area contributed by atoms with E-state index in [0.717, 1.165) is 81.4 Å². The predicted molar refractivity (Wildman–Crippen MR) is 528 cm³/mol. The molecule has 0 spiro atoms. The Bertz CT molecular complexity index is 3790. The Labute approximate surface area is 781 Å². The van der Waals surface area contributed by atoms with Gasteiger partial charge >= 0.3 is 0 Å². The normalized spacial score (nSPS) is 24.6. The summed E-state index contributed by atoms with van der Waals surface area (Å²) in [5.74, 6) is 4.37. The molecular formula is C102H153N6P3Sc3Si3-6. The van der Waals surface area contributed by atoms with Crippen molar-refractivity contribution in [1.29, 1.82) is 0 Å². The minimum Gasteiger partial charge on any atom is -0.660 e. The molecule has 633 valence electrons. The molecular weight excluding hydrogens is 1620 g/mol. The molecule has 6 aliphatic carbocycles. The molecule has 0 amide bonds. The molecule has 3 saturated heterocycles. The van der Waals surface area contributed by atoms with E-state index in [1.54, 1.807) is 0 Å². The fraction of sp³-hybridized carbons (Fsp3) is 0.471. The summed E-state index contributed by atoms with van der Waals surface area (Å²) in [5.41, 5.74) is 6.19. The zero-order chi connectivity index (χ0) is 79.9. The van der Waals surface area contributed by atoms with Gasteiger partial charge in [-0.1, -0.05) is 307 Å². The first-order chi connectivity index (χ1) is 52.7. The van der Waals surface area contributed by atoms with Gasteiger partial charge in [-0.2, -0.15) is 55.7 Å². The largest absolute Gasteiger partial charge is 0.660 e. The van der Waals surface area contributed by atoms with E-state index in [0.29, 0.717) is 0 Å². The second-order valence-electron chi connectivity index (χ2n) is 38.1. The first-order valence-corrected chi connectivity index (χ1v) is 57.7. The summed E-state index contributed by atoms with van der Waals surface area (Å²) in [7, 11) is -6.69. The molecule has 15 heteroatoms. The van der Waals surface area contributed by atoms with Crippen LogP contribution in [0.1, 0.15) is 137 Å². The van der Waals surface area contributed by atoms with E-state index in [4.69, 9.17) is 14.9 Å². The van der Waals surface area contributed by atoms with Crippen LogP contribution >= 0.6 is 23.8 Å². The molecule has 6 aromatic carbocycles. The Morgan fingerprint density at radius 3 is 0.795 bits per heavy atom. The van der Waals surface area contributed by atoms with Gasteiger partial charge in [0.1, 0.15) is 0 Å². The van der Waals surface area contributed by atoms with Gasteiger partial charge in [0.15, 0.2) is 0 Å². The van der Waals surface area contributed by atoms with Crippen molar-refractivity contribution in [2.45, 2.75) is 211 Å². The molecule has 3 aliphatic heterocycles. The zero-order valence-electron chi connectivity index (χ0n) is 76.6. The van der Waals surface area contributed by atoms with Gasteiger partial charge in [0.2, 0.25) is 0 Å². The quantitative estimate of drug-likeness (QED) is 0.0585. The average molecular weight is 1780 g/mol. The number of likely N-dealkylation sites (tertiary alicyclic amines) is 3. The SMILES string of the molecule is CC(C)(C)[N-][Si](C)(C)C1CC(N2CCCC2)C2C=CC=CC21.CC(C)(C)[N-][Si](C)(C)C1CC(N2CCCC2)C2C=CC=CC21.CC(C)(C)[N-][Si](C)(C)C1CC(N2CCCC2)C2C=CC=CC21.[CH2-]c1ccccc1[PH+](C)C.[CH2-]c1ccccc1[PH+](C)c1ccccc1.[CH2-]c1ccccc1[PH+](c1ccccc1)c1ccccc1.[CH3-].[CH3-].[CH3-].[Sc].[Sc].[Sc]. The summed E-state index contributed by atoms with van der Waals surface area (Å²) >= 11 is 0. The van der Waals surface area contributed by atoms with Crippen LogP contribution in [0.25, 0.3) is 14.9 Å². The van der Waals surface area contributed by atoms with Crippen LogP contribution in [0.2, 0.25) is 55.9 Å². The summed E-state index contributed by atoms with van der Waals surface area (Å²) in [6.07, 6.45) is 41.1. The van der Waals surface area contributed by atoms with Gasteiger partial charge in [0.25, 0.3) is 0 Å². The predicted octanol–water partition coefficient (Wildman–Crippen LogP) is 24.2. The first-order valence-electron chi connectivity index (χ1n) is 42.6. The minimum atomic E-state index is -1.59. The van der Waals surface area contributed by atoms with Gasteiger partial charge in [-0.15, -0.1) is 34.8 Å². The average Bonchev–Trinajstić information content (AvgIpc) is 1.62. The molecule has 13 unspecified atom stereocenters. The second-order valence-corrected chi connectivity index (χ2v) is 58.3. The van der Waals surface area contributed by atoms with Crippen molar-refractivity contribution in [3.63, 3.8) is 0 Å². The van der Waals surface area contributed by atoms with Crippen molar-refractivity contribution in [1.82, 2.24) is 14.7 Å². The molecule has 0 aromatic heterocycles. The van der Waals surface area contributed by atoms with Gasteiger partial charge in [0, 0.05) is 129 Å². The van der Waals surface area contributed by atoms with E-state index in [1.807, 2.05) is 12.1 Å². The summed E-state index contributed by atoms with van der Waals surface area (Å²) in [4.78, 5) is 24.4. The zero-order valence-corrected chi connectivity index (χ0v) is 88.0. The topological polar surface area (TPSA) is 52.0 Å². The molecule has 6 nitrogen and oxygen atoms in total. The van der Waals surface area contributed by atoms with Crippen molar-refractivity contribution in [2.24, 2.45) is 35.5 Å². The fourth-order valence-electron chi connectivity index (χ4n) is 20.7. The van der Waals surface area contributed by atoms with E-state index >= 15 is 0 Å². The third-order valence-corrected chi connectivity index (χ3v) is 42.9. The first kappa shape index (κ1) is 107. The number of hydrogen-bond donors (Lipinski definition) is 0. The van der Waals surface area contributed by atoms with Gasteiger partial charge in [0.05, 0.1) is 23.8 Å². The standard InChI is InChI=1S/3C19H33N2Si.C19H16P.C14H14P.C9H12P.3CH3.3Sc/c3*1-19(2,3)20-22(4,5)18-14-17(21-12-8-9-13-21)15-10-6-7-11-16(15)18;1-16-10-8-9-15-19(16)20(17-11-4-2-5-12-17)18-13-6-3-7-14-18;1-12-8-6-7-11-14(12)15(2)13-9-4-3-5-10-13;1-8-6-4-5-7-9(8)10(2)3;;;;;;/h3*6-7,10-11,15-18H,8-9,12-14H2,1-5H3;2-15H,1H2;3-11H,1H2,2H3;4-7H,1H2,2-3H3;3*1H3;;;/q9*-1;;;/p+3. The number of rotatable bonds is 15. The third kappa shape index (κ3) is 30.2. The van der Waals surface area contributed by atoms with Crippen molar-refractivity contribution in [2.75, 3.05) is 59.3 Å². The van der Waals surface area contributed by atoms with Crippen molar-refractivity contribution in [3.8, 4) is 0 Å². The van der Waals surface area contributed by atoms with Gasteiger partial charge in [-0.25, -0.2) is 0 Å². The maximum Gasteiger partial charge on any atom is 0.0908 e. The van der Waals surface area contributed by atoms with Crippen molar-refractivity contribution < 1.29 is 77.5 Å². The molecule has 6 aromatic rings. The summed E-state index contributed by atoms with van der Waals surface area (Å²) in [5, 5.41) is 8.48. The number of allylic oxidation sites excluding steroid dienone is 9. The van der Waals surface area contributed by atoms with Crippen LogP contribution in [0, 0.1) is 78.6 Å². The van der Waals surface area contributed by atoms with E-state index < -0.39 is 40.5 Å². The Hall–Kier alpha value is -2.32. The molecule has 117 heavy (non-hydrogen) atoms. The van der Waals surface area contributed by atoms with Crippen LogP contribution < -0.4 is 31.8 Å². The van der Waals surface area contributed by atoms with Crippen LogP contribution in [0.5, 0.6) is 0 Å². The molecule has 3 heterocycles. The Morgan fingerprint density at radius 2 is 0.547 bits per heavy atom. The second kappa shape index (κ2) is 49.0. The van der Waals surface area contributed by atoms with Crippen LogP contribution in [-0.4, -0.2) is 133 Å². The van der Waals surface area contributed by atoms with Crippen LogP contribution in [0.15, 0.2) is 237 Å². The van der Waals surface area contributed by atoms with Crippen molar-refractivity contribution >= 4 is 80.3 Å². The van der Waals surface area contributed by atoms with Crippen LogP contribution in [0.3, 0.4) is 0 Å².